The Morgan fingerprint density at radius 3 is 1.39 bits per heavy atom. The van der Waals surface area contributed by atoms with Gasteiger partial charge >= 0.3 is 0 Å². The van der Waals surface area contributed by atoms with Gasteiger partial charge in [-0.25, -0.2) is 9.69 Å². The molecule has 7 aromatic carbocycles. The molecular formula is C69H81Cl2N9. The average Bonchev–Trinajstić information content (AvgIpc) is 3.89. The number of hydrogen-bond acceptors (Lipinski definition) is 6. The topological polar surface area (TPSA) is 93.4 Å². The molecule has 0 spiro atoms. The predicted molar refractivity (Wildman–Crippen MR) is 344 cm³/mol. The lowest BCUT2D eigenvalue weighted by Crippen LogP contribution is -2.11. The van der Waals surface area contributed by atoms with Gasteiger partial charge in [-0.15, -0.1) is 20.4 Å². The Hall–Kier alpha value is -7.82. The first-order valence-corrected chi connectivity index (χ1v) is 27.8. The summed E-state index contributed by atoms with van der Waals surface area (Å²) in [6.07, 6.45) is 3.65. The lowest BCUT2D eigenvalue weighted by molar-refractivity contribution is 0.632. The molecule has 2 N–H and O–H groups in total. The van der Waals surface area contributed by atoms with Crippen molar-refractivity contribution in [2.24, 2.45) is 33.9 Å². The van der Waals surface area contributed by atoms with Gasteiger partial charge in [0.1, 0.15) is 0 Å². The van der Waals surface area contributed by atoms with E-state index in [4.69, 9.17) is 52.3 Å². The Bertz CT molecular complexity index is 3280. The van der Waals surface area contributed by atoms with Crippen LogP contribution in [0.2, 0.25) is 0 Å². The maximum Gasteiger partial charge on any atom is 0.187 e. The first-order chi connectivity index (χ1) is 37.8. The van der Waals surface area contributed by atoms with E-state index >= 15 is 0 Å². The molecule has 0 aliphatic carbocycles. The molecule has 0 aliphatic rings. The molecule has 1 aromatic heterocycles. The summed E-state index contributed by atoms with van der Waals surface area (Å²) in [6.45, 7) is 36.6. The highest BCUT2D eigenvalue weighted by Gasteiger charge is 2.24. The minimum atomic E-state index is 0. The third-order valence-electron chi connectivity index (χ3n) is 12.5. The summed E-state index contributed by atoms with van der Waals surface area (Å²) in [7, 11) is 4.07. The highest BCUT2D eigenvalue weighted by molar-refractivity contribution is 6.71. The van der Waals surface area contributed by atoms with Gasteiger partial charge in [-0.2, -0.15) is 0 Å². The fourth-order valence-corrected chi connectivity index (χ4v) is 9.31. The molecule has 1 heterocycles. The van der Waals surface area contributed by atoms with Crippen molar-refractivity contribution in [3.63, 3.8) is 0 Å². The van der Waals surface area contributed by atoms with Crippen molar-refractivity contribution in [3.05, 3.63) is 231 Å². The van der Waals surface area contributed by atoms with Crippen LogP contribution in [0.4, 0.5) is 22.7 Å². The van der Waals surface area contributed by atoms with Gasteiger partial charge in [-0.3, -0.25) is 4.57 Å². The van der Waals surface area contributed by atoms with E-state index in [1.165, 1.54) is 16.8 Å². The lowest BCUT2D eigenvalue weighted by Gasteiger charge is -2.22. The Labute approximate surface area is 488 Å². The zero-order valence-corrected chi connectivity index (χ0v) is 49.6. The van der Waals surface area contributed by atoms with Crippen LogP contribution in [0.15, 0.2) is 174 Å². The van der Waals surface area contributed by atoms with Gasteiger partial charge in [0.2, 0.25) is 0 Å². The average molecular weight is 1110 g/mol. The third-order valence-corrected chi connectivity index (χ3v) is 13.1. The van der Waals surface area contributed by atoms with E-state index in [0.29, 0.717) is 45.4 Å². The Morgan fingerprint density at radius 1 is 0.537 bits per heavy atom. The van der Waals surface area contributed by atoms with Crippen molar-refractivity contribution in [1.29, 1.82) is 0 Å². The second kappa shape index (κ2) is 32.3. The normalized spacial score (nSPS) is 11.1. The first-order valence-electron chi connectivity index (χ1n) is 27.0. The fourth-order valence-electron chi connectivity index (χ4n) is 8.90. The highest BCUT2D eigenvalue weighted by atomic mass is 35.5. The summed E-state index contributed by atoms with van der Waals surface area (Å²) in [6, 6.07) is 54.0. The maximum absolute atomic E-state index is 7.72. The molecule has 0 amide bonds. The Balaban J connectivity index is 0.000000254. The second-order valence-electron chi connectivity index (χ2n) is 21.5. The summed E-state index contributed by atoms with van der Waals surface area (Å²) in [5, 5.41) is 18.0. The SMILES string of the molecule is C.CN(C)c1ccccc1.Cc1ccccc1/C(Cl)=N/N=C(\Cl)c1ccccc1.[C-]#[N+]c1cc(CC(C)C)c(-n2c(-c3ccccc3)nnc2-c2ccccc2C)c(CC(C)C)c1.[C-]#[N+]c1cc(CC(C)C)c(N)c(CC(C)C)c1. The van der Waals surface area contributed by atoms with E-state index in [9.17, 15) is 0 Å². The molecule has 11 heteroatoms. The van der Waals surface area contributed by atoms with Crippen molar-refractivity contribution in [1.82, 2.24) is 14.8 Å². The summed E-state index contributed by atoms with van der Waals surface area (Å²) in [5.41, 5.74) is 21.4. The minimum absolute atomic E-state index is 0. The van der Waals surface area contributed by atoms with E-state index in [1.807, 2.05) is 124 Å². The van der Waals surface area contributed by atoms with Crippen LogP contribution in [0.5, 0.6) is 0 Å². The summed E-state index contributed by atoms with van der Waals surface area (Å²) >= 11 is 12.2. The van der Waals surface area contributed by atoms with Gasteiger partial charge < -0.3 is 10.6 Å². The standard InChI is InChI=1S/C30H32N4.C15H12Cl2N2.C15H22N2.C8H11N.CH4/c1-20(2)16-24-18-26(31-6)19-25(17-21(3)4)28(24)34-29(23-13-8-7-9-14-23)32-33-30(34)27-15-11-10-12-22(27)5;1-11-7-5-6-10-13(11)15(17)19-18-14(16)12-8-3-2-4-9-12;1-10(2)6-12-8-14(17-5)9-13(15(12)16)7-11(3)4;1-9(2)8-6-4-3-5-7-8;/h7-15,18-21H,16-17H2,1-5H3;2-10H,1H3;8-11H,6-7,16H2,1-4H3;3-7H,1-2H3;1H4/b;18-14-,19-15-;;;. The maximum atomic E-state index is 7.72. The summed E-state index contributed by atoms with van der Waals surface area (Å²) in [4.78, 5) is 9.44. The molecule has 0 unspecified atom stereocenters. The monoisotopic (exact) mass is 1110 g/mol. The number of anilines is 2. The number of nitrogen functional groups attached to an aromatic ring is 1. The van der Waals surface area contributed by atoms with Gasteiger partial charge in [-0.1, -0.05) is 238 Å². The van der Waals surface area contributed by atoms with Crippen LogP contribution < -0.4 is 10.6 Å². The quantitative estimate of drug-likeness (QED) is 0.0479. The zero-order chi connectivity index (χ0) is 57.6. The molecule has 0 fully saturated rings. The van der Waals surface area contributed by atoms with E-state index in [1.54, 1.807) is 0 Å². The highest BCUT2D eigenvalue weighted by Crippen LogP contribution is 2.37. The molecule has 0 atom stereocenters. The molecule has 0 radical (unpaired) electrons. The van der Waals surface area contributed by atoms with Gasteiger partial charge in [0.25, 0.3) is 0 Å². The van der Waals surface area contributed by atoms with Crippen LogP contribution in [-0.4, -0.2) is 39.2 Å². The van der Waals surface area contributed by atoms with Crippen LogP contribution in [0.3, 0.4) is 0 Å². The fraction of sp³-hybridized carbons (Fsp3) is 0.304. The van der Waals surface area contributed by atoms with E-state index < -0.39 is 0 Å². The minimum Gasteiger partial charge on any atom is -0.398 e. The number of nitrogens with two attached hydrogens (primary N) is 1. The number of aryl methyl sites for hydroxylation is 2. The number of nitrogens with zero attached hydrogens (tertiary/aromatic N) is 8. The van der Waals surface area contributed by atoms with Crippen molar-refractivity contribution in [2.75, 3.05) is 24.7 Å². The predicted octanol–water partition coefficient (Wildman–Crippen LogP) is 19.0. The number of halogens is 2. The van der Waals surface area contributed by atoms with Crippen molar-refractivity contribution < 1.29 is 0 Å². The summed E-state index contributed by atoms with van der Waals surface area (Å²) in [5.74, 6) is 3.68. The molecule has 8 rings (SSSR count). The Kier molecular flexibility index (Phi) is 26.1. The van der Waals surface area contributed by atoms with Gasteiger partial charge in [0, 0.05) is 47.7 Å². The van der Waals surface area contributed by atoms with Crippen LogP contribution >= 0.6 is 23.2 Å². The molecule has 0 saturated carbocycles. The van der Waals surface area contributed by atoms with Crippen molar-refractivity contribution >= 4 is 56.3 Å². The number of aromatic nitrogens is 3. The largest absolute Gasteiger partial charge is 0.398 e. The molecular weight excluding hydrogens is 1030 g/mol. The molecule has 80 heavy (non-hydrogen) atoms. The summed E-state index contributed by atoms with van der Waals surface area (Å²) < 4.78 is 2.24. The lowest BCUT2D eigenvalue weighted by atomic mass is 9.92. The van der Waals surface area contributed by atoms with Crippen LogP contribution in [0, 0.1) is 50.7 Å². The number of para-hydroxylation sites is 1. The third kappa shape index (κ3) is 19.2. The molecule has 8 aromatic rings. The van der Waals surface area contributed by atoms with E-state index in [-0.39, 0.29) is 7.43 Å². The van der Waals surface area contributed by atoms with E-state index in [2.05, 4.69) is 152 Å². The molecule has 0 saturated heterocycles. The molecule has 416 valence electrons. The number of hydrogen-bond donors (Lipinski definition) is 1. The zero-order valence-electron chi connectivity index (χ0n) is 48.1. The van der Waals surface area contributed by atoms with E-state index in [0.717, 1.165) is 93.2 Å². The van der Waals surface area contributed by atoms with Gasteiger partial charge in [-0.05, 0) is 109 Å². The first kappa shape index (κ1) is 64.7. The van der Waals surface area contributed by atoms with Crippen LogP contribution in [-0.2, 0) is 25.7 Å². The van der Waals surface area contributed by atoms with Crippen LogP contribution in [0.25, 0.3) is 38.2 Å². The smallest absolute Gasteiger partial charge is 0.187 e. The van der Waals surface area contributed by atoms with Gasteiger partial charge in [0.15, 0.2) is 33.4 Å². The van der Waals surface area contributed by atoms with Gasteiger partial charge in [0.05, 0.1) is 18.8 Å². The second-order valence-corrected chi connectivity index (χ2v) is 22.2. The van der Waals surface area contributed by atoms with Crippen molar-refractivity contribution in [2.45, 2.75) is 102 Å². The molecule has 0 aliphatic heterocycles. The Morgan fingerprint density at radius 2 is 0.938 bits per heavy atom. The number of rotatable bonds is 15. The molecule has 0 bridgehead atoms. The van der Waals surface area contributed by atoms with Crippen molar-refractivity contribution in [3.8, 4) is 28.5 Å². The molecule has 9 nitrogen and oxygen atoms in total. The van der Waals surface area contributed by atoms with Crippen LogP contribution in [0.1, 0.15) is 107 Å². The number of benzene rings is 7.